The maximum absolute atomic E-state index is 12.3. The molecule has 0 saturated heterocycles. The van der Waals surface area contributed by atoms with Crippen LogP contribution in [-0.2, 0) is 4.79 Å². The molecule has 110 valence electrons. The fourth-order valence-corrected chi connectivity index (χ4v) is 2.75. The highest BCUT2D eigenvalue weighted by Crippen LogP contribution is 2.24. The van der Waals surface area contributed by atoms with Gasteiger partial charge in [-0.1, -0.05) is 0 Å². The third-order valence-electron chi connectivity index (χ3n) is 3.94. The van der Waals surface area contributed by atoms with Gasteiger partial charge < -0.3 is 14.8 Å². The maximum Gasteiger partial charge on any atom is 0.306 e. The van der Waals surface area contributed by atoms with Crippen LogP contribution in [0, 0.1) is 5.92 Å². The van der Waals surface area contributed by atoms with Gasteiger partial charge in [0.25, 0.3) is 5.91 Å². The van der Waals surface area contributed by atoms with E-state index >= 15 is 0 Å². The van der Waals surface area contributed by atoms with E-state index in [1.54, 1.807) is 29.2 Å². The van der Waals surface area contributed by atoms with Crippen LogP contribution in [0.4, 0.5) is 0 Å². The average molecular weight is 288 g/mol. The van der Waals surface area contributed by atoms with Gasteiger partial charge in [0.2, 0.25) is 0 Å². The lowest BCUT2D eigenvalue weighted by Gasteiger charge is -2.26. The first kappa shape index (κ1) is 13.5. The van der Waals surface area contributed by atoms with Crippen LogP contribution in [-0.4, -0.2) is 37.4 Å². The van der Waals surface area contributed by atoms with Gasteiger partial charge in [-0.15, -0.1) is 0 Å². The zero-order valence-electron chi connectivity index (χ0n) is 11.4. The molecule has 0 unspecified atom stereocenters. The Bertz CT molecular complexity index is 674. The van der Waals surface area contributed by atoms with Crippen molar-refractivity contribution < 1.29 is 14.7 Å². The van der Waals surface area contributed by atoms with E-state index in [9.17, 15) is 9.59 Å². The maximum atomic E-state index is 12.3. The number of nitrogens with zero attached hydrogens (tertiary/aromatic N) is 3. The number of aliphatic carboxylic acids is 1. The van der Waals surface area contributed by atoms with Crippen molar-refractivity contribution in [3.8, 4) is 0 Å². The molecule has 1 saturated carbocycles. The Hall–Kier alpha value is -2.44. The van der Waals surface area contributed by atoms with Crippen LogP contribution in [0.5, 0.6) is 0 Å². The Labute approximate surface area is 121 Å². The monoisotopic (exact) mass is 288 g/mol. The quantitative estimate of drug-likeness (QED) is 0.881. The lowest BCUT2D eigenvalue weighted by molar-refractivity contribution is -0.142. The van der Waals surface area contributed by atoms with E-state index in [1.807, 2.05) is 0 Å². The molecule has 2 aromatic heterocycles. The molecule has 0 bridgehead atoms. The molecule has 0 aliphatic heterocycles. The Morgan fingerprint density at radius 3 is 2.48 bits per heavy atom. The fourth-order valence-electron chi connectivity index (χ4n) is 2.75. The van der Waals surface area contributed by atoms with Gasteiger partial charge in [0, 0.05) is 30.8 Å². The van der Waals surface area contributed by atoms with Crippen LogP contribution in [0.25, 0.3) is 5.65 Å². The normalized spacial score (nSPS) is 22.1. The van der Waals surface area contributed by atoms with Gasteiger partial charge >= 0.3 is 5.97 Å². The van der Waals surface area contributed by atoms with Gasteiger partial charge in [0.05, 0.1) is 5.92 Å². The van der Waals surface area contributed by atoms with Crippen molar-refractivity contribution in [2.75, 3.05) is 0 Å². The zero-order valence-corrected chi connectivity index (χ0v) is 11.4. The van der Waals surface area contributed by atoms with Crippen molar-refractivity contribution in [1.82, 2.24) is 19.7 Å². The Morgan fingerprint density at radius 2 is 1.81 bits per heavy atom. The summed E-state index contributed by atoms with van der Waals surface area (Å²) in [6.07, 6.45) is 9.23. The average Bonchev–Trinajstić information content (AvgIpc) is 2.96. The van der Waals surface area contributed by atoms with Crippen LogP contribution in [0.15, 0.2) is 24.8 Å². The van der Waals surface area contributed by atoms with Gasteiger partial charge in [-0.05, 0) is 25.7 Å². The van der Waals surface area contributed by atoms with E-state index in [1.165, 1.54) is 0 Å². The smallest absolute Gasteiger partial charge is 0.306 e. The standard InChI is InChI=1S/C14H16N4O3/c19-13(11-12-16-6-8-18(12)7-5-15-11)17-10-3-1-9(2-4-10)14(20)21/h5-10H,1-4H2,(H,17,19)(H,20,21). The molecule has 0 spiro atoms. The van der Waals surface area contributed by atoms with Gasteiger partial charge in [0.15, 0.2) is 11.3 Å². The van der Waals surface area contributed by atoms with Gasteiger partial charge in [0.1, 0.15) is 0 Å². The minimum Gasteiger partial charge on any atom is -0.481 e. The lowest BCUT2D eigenvalue weighted by Crippen LogP contribution is -2.39. The fraction of sp³-hybridized carbons (Fsp3) is 0.429. The predicted octanol–water partition coefficient (Wildman–Crippen LogP) is 1.10. The summed E-state index contributed by atoms with van der Waals surface area (Å²) in [6.45, 7) is 0. The largest absolute Gasteiger partial charge is 0.481 e. The highest BCUT2D eigenvalue weighted by atomic mass is 16.4. The summed E-state index contributed by atoms with van der Waals surface area (Å²) in [5.41, 5.74) is 0.817. The van der Waals surface area contributed by atoms with Crippen molar-refractivity contribution in [3.63, 3.8) is 0 Å². The highest BCUT2D eigenvalue weighted by molar-refractivity contribution is 5.97. The molecule has 1 aliphatic rings. The van der Waals surface area contributed by atoms with E-state index in [0.29, 0.717) is 37.0 Å². The Balaban J connectivity index is 1.67. The zero-order chi connectivity index (χ0) is 14.8. The summed E-state index contributed by atoms with van der Waals surface area (Å²) in [5, 5.41) is 11.9. The van der Waals surface area contributed by atoms with Gasteiger partial charge in [-0.3, -0.25) is 9.59 Å². The summed E-state index contributed by atoms with van der Waals surface area (Å²) >= 11 is 0. The SMILES string of the molecule is O=C(NC1CCC(C(=O)O)CC1)c1nccn2ccnc12. The number of aromatic nitrogens is 3. The number of carbonyl (C=O) groups excluding carboxylic acids is 1. The Kier molecular flexibility index (Phi) is 3.55. The molecule has 1 amide bonds. The second-order valence-electron chi connectivity index (χ2n) is 5.29. The van der Waals surface area contributed by atoms with Crippen LogP contribution >= 0.6 is 0 Å². The molecule has 1 aliphatic carbocycles. The first-order chi connectivity index (χ1) is 10.1. The molecular formula is C14H16N4O3. The summed E-state index contributed by atoms with van der Waals surface area (Å²) < 4.78 is 1.74. The second kappa shape index (κ2) is 5.51. The molecular weight excluding hydrogens is 272 g/mol. The minimum absolute atomic E-state index is 0.00474. The molecule has 7 nitrogen and oxygen atoms in total. The number of hydrogen-bond acceptors (Lipinski definition) is 4. The van der Waals surface area contributed by atoms with Crippen molar-refractivity contribution in [1.29, 1.82) is 0 Å². The van der Waals surface area contributed by atoms with Crippen LogP contribution in [0.1, 0.15) is 36.2 Å². The first-order valence-corrected chi connectivity index (χ1v) is 6.96. The molecule has 0 aromatic carbocycles. The second-order valence-corrected chi connectivity index (χ2v) is 5.29. The number of nitrogens with one attached hydrogen (secondary N) is 1. The summed E-state index contributed by atoms with van der Waals surface area (Å²) in [6, 6.07) is 0.00474. The molecule has 0 radical (unpaired) electrons. The van der Waals surface area contributed by atoms with E-state index in [-0.39, 0.29) is 17.9 Å². The summed E-state index contributed by atoms with van der Waals surface area (Å²) in [4.78, 5) is 31.4. The summed E-state index contributed by atoms with van der Waals surface area (Å²) in [7, 11) is 0. The number of fused-ring (bicyclic) bond motifs is 1. The third-order valence-corrected chi connectivity index (χ3v) is 3.94. The number of hydrogen-bond donors (Lipinski definition) is 2. The van der Waals surface area contributed by atoms with Crippen LogP contribution < -0.4 is 5.32 Å². The molecule has 0 atom stereocenters. The molecule has 2 heterocycles. The van der Waals surface area contributed by atoms with E-state index < -0.39 is 5.97 Å². The van der Waals surface area contributed by atoms with Crippen LogP contribution in [0.3, 0.4) is 0 Å². The number of carbonyl (C=O) groups is 2. The van der Waals surface area contributed by atoms with Crippen molar-refractivity contribution in [3.05, 3.63) is 30.5 Å². The predicted molar refractivity (Wildman–Crippen MR) is 73.8 cm³/mol. The topological polar surface area (TPSA) is 96.6 Å². The van der Waals surface area contributed by atoms with E-state index in [2.05, 4.69) is 15.3 Å². The number of amides is 1. The molecule has 2 aromatic rings. The molecule has 2 N–H and O–H groups in total. The highest BCUT2D eigenvalue weighted by Gasteiger charge is 2.27. The van der Waals surface area contributed by atoms with E-state index in [4.69, 9.17) is 5.11 Å². The number of carboxylic acid groups (broad SMARTS) is 1. The lowest BCUT2D eigenvalue weighted by atomic mass is 9.86. The number of carboxylic acids is 1. The first-order valence-electron chi connectivity index (χ1n) is 6.96. The van der Waals surface area contributed by atoms with Crippen molar-refractivity contribution in [2.24, 2.45) is 5.92 Å². The molecule has 21 heavy (non-hydrogen) atoms. The van der Waals surface area contributed by atoms with Gasteiger partial charge in [-0.2, -0.15) is 0 Å². The Morgan fingerprint density at radius 1 is 1.14 bits per heavy atom. The third kappa shape index (κ3) is 2.72. The van der Waals surface area contributed by atoms with Crippen molar-refractivity contribution in [2.45, 2.75) is 31.7 Å². The molecule has 3 rings (SSSR count). The molecule has 1 fully saturated rings. The molecule has 7 heteroatoms. The number of imidazole rings is 1. The van der Waals surface area contributed by atoms with Gasteiger partial charge in [-0.25, -0.2) is 9.97 Å². The van der Waals surface area contributed by atoms with Crippen LogP contribution in [0.2, 0.25) is 0 Å². The minimum atomic E-state index is -0.747. The van der Waals surface area contributed by atoms with E-state index in [0.717, 1.165) is 0 Å². The van der Waals surface area contributed by atoms with Crippen molar-refractivity contribution >= 4 is 17.5 Å². The summed E-state index contributed by atoms with van der Waals surface area (Å²) in [5.74, 6) is -1.29. The number of rotatable bonds is 3.